The molecule has 1 aliphatic heterocycles. The van der Waals surface area contributed by atoms with Crippen molar-refractivity contribution >= 4 is 21.6 Å². The van der Waals surface area contributed by atoms with Gasteiger partial charge in [0.15, 0.2) is 0 Å². The van der Waals surface area contributed by atoms with E-state index in [0.717, 1.165) is 16.9 Å². The molecule has 8 heteroatoms. The summed E-state index contributed by atoms with van der Waals surface area (Å²) < 4.78 is 33.5. The molecule has 0 unspecified atom stereocenters. The Bertz CT molecular complexity index is 1240. The number of hydrogen-bond acceptors (Lipinski definition) is 5. The summed E-state index contributed by atoms with van der Waals surface area (Å²) >= 11 is 0. The highest BCUT2D eigenvalue weighted by atomic mass is 32.2. The minimum absolute atomic E-state index is 0.137. The fourth-order valence-electron chi connectivity index (χ4n) is 3.89. The third-order valence-electron chi connectivity index (χ3n) is 5.78. The van der Waals surface area contributed by atoms with Gasteiger partial charge in [-0.05, 0) is 67.4 Å². The number of benzene rings is 3. The van der Waals surface area contributed by atoms with Gasteiger partial charge >= 0.3 is 0 Å². The van der Waals surface area contributed by atoms with Crippen molar-refractivity contribution in [3.63, 3.8) is 0 Å². The zero-order chi connectivity index (χ0) is 24.1. The number of ether oxygens (including phenoxy) is 1. The van der Waals surface area contributed by atoms with E-state index in [1.165, 1.54) is 4.31 Å². The summed E-state index contributed by atoms with van der Waals surface area (Å²) in [7, 11) is -3.55. The van der Waals surface area contributed by atoms with Gasteiger partial charge in [-0.15, -0.1) is 0 Å². The molecule has 3 aromatic carbocycles. The smallest absolute Gasteiger partial charge is 0.243 e. The molecule has 1 N–H and O–H groups in total. The molecule has 0 bridgehead atoms. The number of sulfonamides is 1. The molecule has 1 fully saturated rings. The predicted octanol–water partition coefficient (Wildman–Crippen LogP) is 4.04. The Morgan fingerprint density at radius 1 is 0.882 bits per heavy atom. The zero-order valence-electron chi connectivity index (χ0n) is 19.4. The largest absolute Gasteiger partial charge is 0.457 e. The van der Waals surface area contributed by atoms with Crippen molar-refractivity contribution in [2.75, 3.05) is 38.0 Å². The SMILES string of the molecule is Cc1ccc(C)c(S(=O)(=O)N2CCN(CC(=O)Nc3ccc(Oc4ccccc4)cc3)CC2)c1. The lowest BCUT2D eigenvalue weighted by Crippen LogP contribution is -2.50. The van der Waals surface area contributed by atoms with Gasteiger partial charge < -0.3 is 10.1 Å². The van der Waals surface area contributed by atoms with Crippen LogP contribution in [-0.2, 0) is 14.8 Å². The van der Waals surface area contributed by atoms with E-state index >= 15 is 0 Å². The molecule has 0 radical (unpaired) electrons. The quantitative estimate of drug-likeness (QED) is 0.553. The number of carbonyl (C=O) groups is 1. The number of aryl methyl sites for hydroxylation is 2. The zero-order valence-corrected chi connectivity index (χ0v) is 20.2. The molecule has 1 heterocycles. The van der Waals surface area contributed by atoms with Crippen LogP contribution in [0.1, 0.15) is 11.1 Å². The average Bonchev–Trinajstić information content (AvgIpc) is 2.83. The fourth-order valence-corrected chi connectivity index (χ4v) is 5.62. The van der Waals surface area contributed by atoms with Crippen molar-refractivity contribution in [3.8, 4) is 11.5 Å². The van der Waals surface area contributed by atoms with Crippen LogP contribution < -0.4 is 10.1 Å². The van der Waals surface area contributed by atoms with Crippen molar-refractivity contribution in [3.05, 3.63) is 83.9 Å². The fraction of sp³-hybridized carbons (Fsp3) is 0.269. The third-order valence-corrected chi connectivity index (χ3v) is 7.82. The summed E-state index contributed by atoms with van der Waals surface area (Å²) in [4.78, 5) is 14.9. The summed E-state index contributed by atoms with van der Waals surface area (Å²) in [5, 5.41) is 2.89. The second-order valence-corrected chi connectivity index (χ2v) is 10.3. The molecular weight excluding hydrogens is 450 g/mol. The van der Waals surface area contributed by atoms with Crippen LogP contribution in [0, 0.1) is 13.8 Å². The molecule has 1 aliphatic rings. The van der Waals surface area contributed by atoms with Gasteiger partial charge in [-0.3, -0.25) is 9.69 Å². The number of piperazine rings is 1. The van der Waals surface area contributed by atoms with E-state index in [-0.39, 0.29) is 12.5 Å². The molecule has 178 valence electrons. The molecule has 4 rings (SSSR count). The summed E-state index contributed by atoms with van der Waals surface area (Å²) in [6.07, 6.45) is 0. The van der Waals surface area contributed by atoms with Gasteiger partial charge in [-0.2, -0.15) is 4.31 Å². The lowest BCUT2D eigenvalue weighted by Gasteiger charge is -2.33. The number of para-hydroxylation sites is 1. The van der Waals surface area contributed by atoms with Crippen LogP contribution in [0.3, 0.4) is 0 Å². The number of hydrogen-bond donors (Lipinski definition) is 1. The lowest BCUT2D eigenvalue weighted by atomic mass is 10.2. The Balaban J connectivity index is 1.28. The maximum Gasteiger partial charge on any atom is 0.243 e. The van der Waals surface area contributed by atoms with E-state index in [1.54, 1.807) is 30.3 Å². The van der Waals surface area contributed by atoms with Crippen LogP contribution in [-0.4, -0.2) is 56.3 Å². The first-order valence-corrected chi connectivity index (χ1v) is 12.7. The Kier molecular flexibility index (Phi) is 7.31. The highest BCUT2D eigenvalue weighted by Crippen LogP contribution is 2.24. The first kappa shape index (κ1) is 23.9. The van der Waals surface area contributed by atoms with Gasteiger partial charge in [0.05, 0.1) is 11.4 Å². The number of carbonyl (C=O) groups excluding carboxylic acids is 1. The van der Waals surface area contributed by atoms with Gasteiger partial charge in [0.2, 0.25) is 15.9 Å². The number of nitrogens with one attached hydrogen (secondary N) is 1. The number of rotatable bonds is 7. The summed E-state index contributed by atoms with van der Waals surface area (Å²) in [6.45, 7) is 5.62. The van der Waals surface area contributed by atoms with Crippen molar-refractivity contribution in [2.24, 2.45) is 0 Å². The van der Waals surface area contributed by atoms with Gasteiger partial charge in [-0.1, -0.05) is 30.3 Å². The average molecular weight is 480 g/mol. The van der Waals surface area contributed by atoms with E-state index in [1.807, 2.05) is 61.2 Å². The van der Waals surface area contributed by atoms with Crippen LogP contribution in [0.4, 0.5) is 5.69 Å². The van der Waals surface area contributed by atoms with Gasteiger partial charge in [-0.25, -0.2) is 8.42 Å². The summed E-state index contributed by atoms with van der Waals surface area (Å²) in [5.41, 5.74) is 2.34. The lowest BCUT2D eigenvalue weighted by molar-refractivity contribution is -0.117. The molecule has 3 aromatic rings. The molecule has 7 nitrogen and oxygen atoms in total. The van der Waals surface area contributed by atoms with Crippen molar-refractivity contribution in [2.45, 2.75) is 18.7 Å². The van der Waals surface area contributed by atoms with Crippen LogP contribution in [0.2, 0.25) is 0 Å². The third kappa shape index (κ3) is 5.83. The van der Waals surface area contributed by atoms with E-state index in [4.69, 9.17) is 4.74 Å². The van der Waals surface area contributed by atoms with Crippen LogP contribution in [0.25, 0.3) is 0 Å². The van der Waals surface area contributed by atoms with Crippen LogP contribution in [0.15, 0.2) is 77.7 Å². The van der Waals surface area contributed by atoms with E-state index in [9.17, 15) is 13.2 Å². The van der Waals surface area contributed by atoms with Gasteiger partial charge in [0.1, 0.15) is 11.5 Å². The van der Waals surface area contributed by atoms with E-state index in [0.29, 0.717) is 42.5 Å². The van der Waals surface area contributed by atoms with Gasteiger partial charge in [0.25, 0.3) is 0 Å². The molecule has 34 heavy (non-hydrogen) atoms. The maximum absolute atomic E-state index is 13.1. The summed E-state index contributed by atoms with van der Waals surface area (Å²) in [6, 6.07) is 22.2. The van der Waals surface area contributed by atoms with Crippen LogP contribution >= 0.6 is 0 Å². The predicted molar refractivity (Wildman–Crippen MR) is 133 cm³/mol. The number of amides is 1. The van der Waals surface area contributed by atoms with Crippen LogP contribution in [0.5, 0.6) is 11.5 Å². The first-order chi connectivity index (χ1) is 16.3. The number of anilines is 1. The van der Waals surface area contributed by atoms with Gasteiger partial charge in [0, 0.05) is 31.9 Å². The highest BCUT2D eigenvalue weighted by molar-refractivity contribution is 7.89. The minimum Gasteiger partial charge on any atom is -0.457 e. The van der Waals surface area contributed by atoms with E-state index in [2.05, 4.69) is 5.32 Å². The second-order valence-electron chi connectivity index (χ2n) is 8.44. The Morgan fingerprint density at radius 2 is 1.53 bits per heavy atom. The molecule has 0 saturated carbocycles. The summed E-state index contributed by atoms with van der Waals surface area (Å²) in [5.74, 6) is 1.30. The van der Waals surface area contributed by atoms with Crippen molar-refractivity contribution in [1.82, 2.24) is 9.21 Å². The molecule has 0 aromatic heterocycles. The molecule has 0 spiro atoms. The number of nitrogens with zero attached hydrogens (tertiary/aromatic N) is 2. The maximum atomic E-state index is 13.1. The normalized spacial score (nSPS) is 15.1. The molecule has 1 saturated heterocycles. The van der Waals surface area contributed by atoms with Crippen molar-refractivity contribution < 1.29 is 17.9 Å². The molecule has 0 aliphatic carbocycles. The van der Waals surface area contributed by atoms with Crippen molar-refractivity contribution in [1.29, 1.82) is 0 Å². The monoisotopic (exact) mass is 479 g/mol. The Labute approximate surface area is 201 Å². The molecule has 0 atom stereocenters. The highest BCUT2D eigenvalue weighted by Gasteiger charge is 2.30. The molecular formula is C26H29N3O4S. The first-order valence-electron chi connectivity index (χ1n) is 11.2. The Morgan fingerprint density at radius 3 is 2.21 bits per heavy atom. The topological polar surface area (TPSA) is 79.0 Å². The molecule has 1 amide bonds. The minimum atomic E-state index is -3.55. The van der Waals surface area contributed by atoms with E-state index < -0.39 is 10.0 Å². The standard InChI is InChI=1S/C26H29N3O4S/c1-20-8-9-21(2)25(18-20)34(31,32)29-16-14-28(15-17-29)19-26(30)27-22-10-12-24(13-11-22)33-23-6-4-3-5-7-23/h3-13,18H,14-17,19H2,1-2H3,(H,27,30). The second kappa shape index (κ2) is 10.4. The Hall–Kier alpha value is -3.20.